The summed E-state index contributed by atoms with van der Waals surface area (Å²) >= 11 is 0. The van der Waals surface area contributed by atoms with Gasteiger partial charge in [0.05, 0.1) is 30.1 Å². The molecule has 4 heterocycles. The molecule has 2 fully saturated rings. The first kappa shape index (κ1) is 30.1. The highest BCUT2D eigenvalue weighted by Crippen LogP contribution is 2.59. The molecule has 7 rings (SSSR count). The van der Waals surface area contributed by atoms with Gasteiger partial charge < -0.3 is 24.5 Å². The third-order valence-corrected chi connectivity index (χ3v) is 10.2. The van der Waals surface area contributed by atoms with E-state index in [1.807, 2.05) is 122 Å². The molecular formula is C38H39N3O5. The Balaban J connectivity index is 1.35. The van der Waals surface area contributed by atoms with Gasteiger partial charge in [0, 0.05) is 26.2 Å². The number of carbonyl (C=O) groups excluding carboxylic acids is 3. The quantitative estimate of drug-likeness (QED) is 0.382. The molecule has 1 N–H and O–H groups in total. The molecule has 46 heavy (non-hydrogen) atoms. The topological polar surface area (TPSA) is 90.4 Å². The van der Waals surface area contributed by atoms with Crippen molar-refractivity contribution in [1.29, 1.82) is 0 Å². The fourth-order valence-electron chi connectivity index (χ4n) is 8.05. The number of rotatable bonds is 8. The summed E-state index contributed by atoms with van der Waals surface area (Å²) in [6.07, 6.45) is 8.15. The molecule has 4 aliphatic rings. The highest BCUT2D eigenvalue weighted by Gasteiger charge is 2.76. The van der Waals surface area contributed by atoms with Gasteiger partial charge >= 0.3 is 0 Å². The Hall–Kier alpha value is -4.53. The molecule has 8 nitrogen and oxygen atoms in total. The van der Waals surface area contributed by atoms with Crippen molar-refractivity contribution in [3.05, 3.63) is 132 Å². The predicted molar refractivity (Wildman–Crippen MR) is 173 cm³/mol. The van der Waals surface area contributed by atoms with E-state index in [2.05, 4.69) is 0 Å². The first-order valence-corrected chi connectivity index (χ1v) is 16.1. The fourth-order valence-corrected chi connectivity index (χ4v) is 8.05. The molecule has 6 atom stereocenters. The van der Waals surface area contributed by atoms with Crippen LogP contribution in [0.2, 0.25) is 0 Å². The lowest BCUT2D eigenvalue weighted by Gasteiger charge is -2.41. The van der Waals surface area contributed by atoms with Gasteiger partial charge in [-0.3, -0.25) is 14.4 Å². The summed E-state index contributed by atoms with van der Waals surface area (Å²) in [5, 5.41) is 10.8. The maximum Gasteiger partial charge on any atom is 0.249 e. The normalized spacial score (nSPS) is 29.3. The van der Waals surface area contributed by atoms with Gasteiger partial charge in [0.25, 0.3) is 0 Å². The first-order valence-electron chi connectivity index (χ1n) is 16.1. The molecule has 2 saturated heterocycles. The van der Waals surface area contributed by atoms with Crippen molar-refractivity contribution in [2.75, 3.05) is 19.7 Å². The van der Waals surface area contributed by atoms with Gasteiger partial charge in [0.1, 0.15) is 11.6 Å². The Bertz CT molecular complexity index is 1660. The molecule has 3 amide bonds. The van der Waals surface area contributed by atoms with E-state index in [1.54, 1.807) is 9.80 Å². The third-order valence-electron chi connectivity index (χ3n) is 10.2. The second-order valence-electron chi connectivity index (χ2n) is 12.7. The summed E-state index contributed by atoms with van der Waals surface area (Å²) in [6.45, 7) is 3.04. The number of carbonyl (C=O) groups is 3. The van der Waals surface area contributed by atoms with E-state index < -0.39 is 35.1 Å². The zero-order chi connectivity index (χ0) is 31.9. The average Bonchev–Trinajstić information content (AvgIpc) is 3.39. The monoisotopic (exact) mass is 617 g/mol. The number of likely N-dealkylation sites (tertiary alicyclic amines) is 1. The fraction of sp³-hybridized carbons (Fsp3) is 0.342. The number of amides is 3. The van der Waals surface area contributed by atoms with Gasteiger partial charge in [-0.1, -0.05) is 122 Å². The summed E-state index contributed by atoms with van der Waals surface area (Å²) in [6, 6.07) is 27.0. The van der Waals surface area contributed by atoms with E-state index in [0.29, 0.717) is 38.2 Å². The van der Waals surface area contributed by atoms with Crippen LogP contribution in [-0.2, 0) is 32.2 Å². The SMILES string of the molecule is CC[C@@]12C=CCN(Cc3ccccc3)C(=O)[C@@H]1[C@H]1C(=O)N([C@H](CO)c3ccccc3)C3C(=O)N(Cc4ccccc4)CC=C[C@@]31O2. The van der Waals surface area contributed by atoms with E-state index in [4.69, 9.17) is 4.74 Å². The highest BCUT2D eigenvalue weighted by molar-refractivity contribution is 6.00. The number of hydrogen-bond acceptors (Lipinski definition) is 5. The average molecular weight is 618 g/mol. The molecule has 1 unspecified atom stereocenters. The second kappa shape index (κ2) is 12.0. The lowest BCUT2D eigenvalue weighted by Crippen LogP contribution is -2.57. The number of hydrogen-bond donors (Lipinski definition) is 1. The summed E-state index contributed by atoms with van der Waals surface area (Å²) < 4.78 is 7.13. The molecule has 4 aliphatic heterocycles. The van der Waals surface area contributed by atoms with Gasteiger partial charge in [0.2, 0.25) is 17.7 Å². The first-order chi connectivity index (χ1) is 22.4. The number of aliphatic hydroxyl groups is 1. The number of ether oxygens (including phenoxy) is 1. The molecular weight excluding hydrogens is 578 g/mol. The van der Waals surface area contributed by atoms with E-state index in [9.17, 15) is 14.7 Å². The van der Waals surface area contributed by atoms with Gasteiger partial charge in [-0.15, -0.1) is 0 Å². The highest BCUT2D eigenvalue weighted by atomic mass is 16.5. The standard InChI is InChI=1S/C38H39N3O5/c1-2-37-20-12-22-39(24-27-14-6-3-7-15-27)34(43)31(37)32-35(44)41(30(26-42)29-18-10-5-11-19-29)33-36(45)40(23-13-21-38(32,33)46-37)25-28-16-8-4-9-17-28/h3-21,30-33,42H,2,22-26H2,1H3/t30-,31+,32+,33?,37-,38+/m1/s1. The van der Waals surface area contributed by atoms with Gasteiger partial charge in [-0.2, -0.15) is 0 Å². The van der Waals surface area contributed by atoms with E-state index in [0.717, 1.165) is 11.1 Å². The van der Waals surface area contributed by atoms with Crippen molar-refractivity contribution >= 4 is 17.7 Å². The predicted octanol–water partition coefficient (Wildman–Crippen LogP) is 4.28. The summed E-state index contributed by atoms with van der Waals surface area (Å²) in [7, 11) is 0. The minimum Gasteiger partial charge on any atom is -0.394 e. The Morgan fingerprint density at radius 3 is 1.85 bits per heavy atom. The van der Waals surface area contributed by atoms with Gasteiger partial charge in [-0.05, 0) is 23.1 Å². The number of benzene rings is 3. The van der Waals surface area contributed by atoms with E-state index in [1.165, 1.54) is 4.90 Å². The minimum atomic E-state index is -1.40. The lowest BCUT2D eigenvalue weighted by atomic mass is 9.73. The second-order valence-corrected chi connectivity index (χ2v) is 12.7. The van der Waals surface area contributed by atoms with Crippen LogP contribution in [0.5, 0.6) is 0 Å². The molecule has 3 aromatic rings. The minimum absolute atomic E-state index is 0.168. The molecule has 236 valence electrons. The summed E-state index contributed by atoms with van der Waals surface area (Å²) in [4.78, 5) is 49.6. The van der Waals surface area contributed by atoms with E-state index in [-0.39, 0.29) is 24.3 Å². The van der Waals surface area contributed by atoms with Gasteiger partial charge in [0.15, 0.2) is 0 Å². The Kier molecular flexibility index (Phi) is 7.87. The van der Waals surface area contributed by atoms with Crippen LogP contribution >= 0.6 is 0 Å². The maximum absolute atomic E-state index is 15.0. The molecule has 0 bridgehead atoms. The molecule has 8 heteroatoms. The molecule has 0 aromatic heterocycles. The van der Waals surface area contributed by atoms with Crippen molar-refractivity contribution in [1.82, 2.24) is 14.7 Å². The smallest absolute Gasteiger partial charge is 0.249 e. The number of fused-ring (bicyclic) bond motifs is 2. The van der Waals surface area contributed by atoms with Crippen LogP contribution in [0.15, 0.2) is 115 Å². The molecule has 0 radical (unpaired) electrons. The van der Waals surface area contributed by atoms with Crippen LogP contribution in [0.4, 0.5) is 0 Å². The largest absolute Gasteiger partial charge is 0.394 e. The van der Waals surface area contributed by atoms with Crippen molar-refractivity contribution in [3.63, 3.8) is 0 Å². The Labute approximate surface area is 269 Å². The van der Waals surface area contributed by atoms with Crippen molar-refractivity contribution in [3.8, 4) is 0 Å². The lowest BCUT2D eigenvalue weighted by molar-refractivity contribution is -0.157. The van der Waals surface area contributed by atoms with Crippen molar-refractivity contribution in [2.45, 2.75) is 49.7 Å². The molecule has 0 saturated carbocycles. The zero-order valence-electron chi connectivity index (χ0n) is 25.9. The van der Waals surface area contributed by atoms with Crippen molar-refractivity contribution < 1.29 is 24.2 Å². The molecule has 1 spiro atoms. The van der Waals surface area contributed by atoms with Gasteiger partial charge in [-0.25, -0.2) is 0 Å². The summed E-state index contributed by atoms with van der Waals surface area (Å²) in [5.74, 6) is -2.60. The number of aliphatic hydroxyl groups excluding tert-OH is 1. The molecule has 0 aliphatic carbocycles. The van der Waals surface area contributed by atoms with E-state index >= 15 is 4.79 Å². The van der Waals surface area contributed by atoms with Crippen LogP contribution in [0.25, 0.3) is 0 Å². The number of nitrogens with zero attached hydrogens (tertiary/aromatic N) is 3. The molecule has 3 aromatic carbocycles. The van der Waals surface area contributed by atoms with Crippen molar-refractivity contribution in [2.24, 2.45) is 11.8 Å². The zero-order valence-corrected chi connectivity index (χ0v) is 25.9. The Morgan fingerprint density at radius 2 is 1.28 bits per heavy atom. The summed E-state index contributed by atoms with van der Waals surface area (Å²) in [5.41, 5.74) is 0.187. The Morgan fingerprint density at radius 1 is 0.739 bits per heavy atom. The van der Waals surface area contributed by atoms with Crippen LogP contribution in [0, 0.1) is 11.8 Å². The maximum atomic E-state index is 15.0. The van der Waals surface area contributed by atoms with Crippen LogP contribution in [-0.4, -0.2) is 74.5 Å². The van der Waals surface area contributed by atoms with Crippen LogP contribution in [0.3, 0.4) is 0 Å². The third kappa shape index (κ3) is 4.79. The van der Waals surface area contributed by atoms with Crippen LogP contribution in [0.1, 0.15) is 36.1 Å². The van der Waals surface area contributed by atoms with Crippen LogP contribution < -0.4 is 0 Å².